The Labute approximate surface area is 199 Å². The first-order valence-electron chi connectivity index (χ1n) is 11.5. The van der Waals surface area contributed by atoms with E-state index in [0.717, 1.165) is 51.5 Å². The van der Waals surface area contributed by atoms with Crippen molar-refractivity contribution in [2.24, 2.45) is 0 Å². The average Bonchev–Trinajstić information content (AvgIpc) is 3.42. The average molecular weight is 459 g/mol. The van der Waals surface area contributed by atoms with Gasteiger partial charge in [0.2, 0.25) is 0 Å². The van der Waals surface area contributed by atoms with Gasteiger partial charge < -0.3 is 11.1 Å². The summed E-state index contributed by atoms with van der Waals surface area (Å²) >= 11 is 1.67. The van der Waals surface area contributed by atoms with Gasteiger partial charge in [-0.1, -0.05) is 36.9 Å². The lowest BCUT2D eigenvalue weighted by Crippen LogP contribution is -2.37. The van der Waals surface area contributed by atoms with Crippen LogP contribution < -0.4 is 11.1 Å². The maximum atomic E-state index is 6.63. The first kappa shape index (κ1) is 21.9. The SMILES string of the molecule is C=C/C(=C\C=C/C)c1ccc(-c2cnn3c(N)c(SC)c(C4C[C@H]5CC[C@@H](C4)N5)nc23)cn1. The third-order valence-corrected chi connectivity index (χ3v) is 7.61. The van der Waals surface area contributed by atoms with Crippen LogP contribution >= 0.6 is 11.8 Å². The van der Waals surface area contributed by atoms with Crippen LogP contribution in [0, 0.1) is 0 Å². The second-order valence-corrected chi connectivity index (χ2v) is 9.62. The van der Waals surface area contributed by atoms with Crippen molar-refractivity contribution in [3.63, 3.8) is 0 Å². The van der Waals surface area contributed by atoms with E-state index in [1.54, 1.807) is 16.3 Å². The molecule has 2 aliphatic heterocycles. The Morgan fingerprint density at radius 2 is 2.03 bits per heavy atom. The molecule has 1 unspecified atom stereocenters. The Kier molecular flexibility index (Phi) is 6.08. The highest BCUT2D eigenvalue weighted by Gasteiger charge is 2.36. The fraction of sp³-hybridized carbons (Fsp3) is 0.346. The topological polar surface area (TPSA) is 81.1 Å². The lowest BCUT2D eigenvalue weighted by atomic mass is 9.89. The van der Waals surface area contributed by atoms with Crippen LogP contribution in [0.4, 0.5) is 5.82 Å². The normalized spacial score (nSPS) is 23.0. The molecule has 7 heteroatoms. The molecule has 0 saturated carbocycles. The number of hydrogen-bond acceptors (Lipinski definition) is 6. The number of nitrogens with one attached hydrogen (secondary N) is 1. The van der Waals surface area contributed by atoms with E-state index in [9.17, 15) is 0 Å². The number of fused-ring (bicyclic) bond motifs is 3. The second-order valence-electron chi connectivity index (χ2n) is 8.80. The first-order valence-corrected chi connectivity index (χ1v) is 12.7. The molecule has 0 aromatic carbocycles. The highest BCUT2D eigenvalue weighted by atomic mass is 32.2. The number of rotatable bonds is 6. The number of anilines is 1. The molecule has 3 N–H and O–H groups in total. The predicted octanol–water partition coefficient (Wildman–Crippen LogP) is 5.24. The maximum absolute atomic E-state index is 6.63. The predicted molar refractivity (Wildman–Crippen MR) is 137 cm³/mol. The van der Waals surface area contributed by atoms with Gasteiger partial charge in [-0.25, -0.2) is 4.98 Å². The van der Waals surface area contributed by atoms with E-state index in [-0.39, 0.29) is 0 Å². The summed E-state index contributed by atoms with van der Waals surface area (Å²) in [6.07, 6.45) is 18.4. The molecule has 2 saturated heterocycles. The van der Waals surface area contributed by atoms with Crippen molar-refractivity contribution in [3.8, 4) is 11.1 Å². The van der Waals surface area contributed by atoms with Crippen LogP contribution in [-0.2, 0) is 0 Å². The van der Waals surface area contributed by atoms with Crippen LogP contribution in [0.5, 0.6) is 0 Å². The van der Waals surface area contributed by atoms with Gasteiger partial charge in [0.25, 0.3) is 0 Å². The van der Waals surface area contributed by atoms with E-state index in [1.807, 2.05) is 49.7 Å². The van der Waals surface area contributed by atoms with Crippen LogP contribution in [-0.4, -0.2) is 37.9 Å². The summed E-state index contributed by atoms with van der Waals surface area (Å²) in [5.41, 5.74) is 12.3. The molecular formula is C26H30N6S. The van der Waals surface area contributed by atoms with Crippen molar-refractivity contribution < 1.29 is 0 Å². The summed E-state index contributed by atoms with van der Waals surface area (Å²) in [5.74, 6) is 1.10. The van der Waals surface area contributed by atoms with Gasteiger partial charge >= 0.3 is 0 Å². The molecule has 2 bridgehead atoms. The van der Waals surface area contributed by atoms with Gasteiger partial charge in [-0.3, -0.25) is 4.98 Å². The molecular weight excluding hydrogens is 428 g/mol. The molecule has 2 fully saturated rings. The molecule has 0 spiro atoms. The minimum atomic E-state index is 0.425. The zero-order valence-corrected chi connectivity index (χ0v) is 20.0. The molecule has 0 radical (unpaired) electrons. The van der Waals surface area contributed by atoms with Crippen LogP contribution in [0.2, 0.25) is 0 Å². The summed E-state index contributed by atoms with van der Waals surface area (Å²) in [6.45, 7) is 5.90. The highest BCUT2D eigenvalue weighted by Crippen LogP contribution is 2.42. The monoisotopic (exact) mass is 458 g/mol. The van der Waals surface area contributed by atoms with Gasteiger partial charge in [-0.15, -0.1) is 11.8 Å². The fourth-order valence-corrected chi connectivity index (χ4v) is 5.89. The minimum absolute atomic E-state index is 0.425. The summed E-state index contributed by atoms with van der Waals surface area (Å²) in [6, 6.07) is 5.27. The minimum Gasteiger partial charge on any atom is -0.383 e. The summed E-state index contributed by atoms with van der Waals surface area (Å²) in [5, 5.41) is 8.32. The number of nitrogens with two attached hydrogens (primary N) is 1. The van der Waals surface area contributed by atoms with Crippen molar-refractivity contribution in [3.05, 3.63) is 66.8 Å². The molecule has 3 atom stereocenters. The van der Waals surface area contributed by atoms with Gasteiger partial charge in [0.1, 0.15) is 5.82 Å². The number of piperidine rings is 1. The zero-order valence-electron chi connectivity index (χ0n) is 19.2. The van der Waals surface area contributed by atoms with E-state index in [2.05, 4.69) is 34.3 Å². The smallest absolute Gasteiger partial charge is 0.165 e. The Hall–Kier alpha value is -2.90. The largest absolute Gasteiger partial charge is 0.383 e. The third-order valence-electron chi connectivity index (χ3n) is 6.79. The Bertz CT molecular complexity index is 1230. The Morgan fingerprint density at radius 1 is 1.24 bits per heavy atom. The Morgan fingerprint density at radius 3 is 2.67 bits per heavy atom. The quantitative estimate of drug-likeness (QED) is 0.388. The van der Waals surface area contributed by atoms with Crippen LogP contribution in [0.25, 0.3) is 22.3 Å². The van der Waals surface area contributed by atoms with Gasteiger partial charge in [-0.2, -0.15) is 9.61 Å². The second kappa shape index (κ2) is 9.15. The lowest BCUT2D eigenvalue weighted by molar-refractivity contribution is 0.356. The van der Waals surface area contributed by atoms with Crippen molar-refractivity contribution in [1.82, 2.24) is 24.9 Å². The molecule has 3 aromatic rings. The van der Waals surface area contributed by atoms with E-state index in [0.29, 0.717) is 23.8 Å². The maximum Gasteiger partial charge on any atom is 0.165 e. The third kappa shape index (κ3) is 4.00. The van der Waals surface area contributed by atoms with Gasteiger partial charge in [0.05, 0.1) is 22.5 Å². The number of allylic oxidation sites excluding steroid dienone is 5. The van der Waals surface area contributed by atoms with Gasteiger partial charge in [-0.05, 0) is 50.5 Å². The summed E-state index contributed by atoms with van der Waals surface area (Å²) in [7, 11) is 0. The number of nitrogens with zero attached hydrogens (tertiary/aromatic N) is 4. The highest BCUT2D eigenvalue weighted by molar-refractivity contribution is 7.98. The molecule has 6 nitrogen and oxygen atoms in total. The molecule has 5 heterocycles. The molecule has 2 aliphatic rings. The molecule has 170 valence electrons. The van der Waals surface area contributed by atoms with Crippen molar-refractivity contribution in [2.45, 2.75) is 55.5 Å². The first-order chi connectivity index (χ1) is 16.1. The Balaban J connectivity index is 1.56. The summed E-state index contributed by atoms with van der Waals surface area (Å²) < 4.78 is 1.77. The zero-order chi connectivity index (χ0) is 22.9. The van der Waals surface area contributed by atoms with Crippen LogP contribution in [0.3, 0.4) is 0 Å². The lowest BCUT2D eigenvalue weighted by Gasteiger charge is -2.30. The van der Waals surface area contributed by atoms with E-state index in [1.165, 1.54) is 12.8 Å². The molecule has 3 aromatic heterocycles. The molecule has 33 heavy (non-hydrogen) atoms. The fourth-order valence-electron chi connectivity index (χ4n) is 5.17. The summed E-state index contributed by atoms with van der Waals surface area (Å²) in [4.78, 5) is 10.9. The number of thioether (sulfide) groups is 1. The van der Waals surface area contributed by atoms with E-state index < -0.39 is 0 Å². The standard InChI is InChI=1S/C26H30N6S/c1-4-6-7-16(5-2)22-11-8-17(14-28-22)21-15-29-32-25(27)24(33-3)23(31-26(21)32)18-12-19-9-10-20(13-18)30-19/h4-8,11,14-15,18-20,30H,2,9-10,12-13,27H2,1,3H3/b6-4-,16-7+/t18?,19-,20+. The molecule has 5 rings (SSSR count). The number of hydrogen-bond donors (Lipinski definition) is 2. The van der Waals surface area contributed by atoms with Crippen molar-refractivity contribution in [1.29, 1.82) is 0 Å². The van der Waals surface area contributed by atoms with Crippen LogP contribution in [0.15, 0.2) is 60.3 Å². The number of aromatic nitrogens is 4. The number of nitrogen functional groups attached to an aromatic ring is 1. The molecule has 0 amide bonds. The van der Waals surface area contributed by atoms with E-state index >= 15 is 0 Å². The number of pyridine rings is 1. The van der Waals surface area contributed by atoms with Crippen LogP contribution in [0.1, 0.15) is 49.9 Å². The van der Waals surface area contributed by atoms with Crippen molar-refractivity contribution >= 4 is 28.8 Å². The molecule has 0 aliphatic carbocycles. The van der Waals surface area contributed by atoms with Crippen molar-refractivity contribution in [2.75, 3.05) is 12.0 Å². The van der Waals surface area contributed by atoms with E-state index in [4.69, 9.17) is 10.7 Å². The van der Waals surface area contributed by atoms with Gasteiger partial charge in [0, 0.05) is 35.3 Å². The van der Waals surface area contributed by atoms with Gasteiger partial charge in [0.15, 0.2) is 5.65 Å².